The van der Waals surface area contributed by atoms with Gasteiger partial charge in [0.1, 0.15) is 0 Å². The Labute approximate surface area is 106 Å². The van der Waals surface area contributed by atoms with Crippen LogP contribution in [0.2, 0.25) is 0 Å². The Hall–Kier alpha value is -1.13. The van der Waals surface area contributed by atoms with Gasteiger partial charge in [-0.25, -0.2) is 0 Å². The molecule has 0 aliphatic rings. The van der Waals surface area contributed by atoms with E-state index in [9.17, 15) is 0 Å². The van der Waals surface area contributed by atoms with Crippen molar-refractivity contribution in [1.29, 1.82) is 0 Å². The molecule has 0 saturated carbocycles. The van der Waals surface area contributed by atoms with Gasteiger partial charge in [-0.1, -0.05) is 0 Å². The summed E-state index contributed by atoms with van der Waals surface area (Å²) in [5, 5.41) is 7.71. The van der Waals surface area contributed by atoms with Crippen molar-refractivity contribution in [2.24, 2.45) is 0 Å². The molecule has 2 aromatic rings. The second kappa shape index (κ2) is 5.47. The van der Waals surface area contributed by atoms with E-state index in [2.05, 4.69) is 43.4 Å². The highest BCUT2D eigenvalue weighted by atomic mass is 32.1. The van der Waals surface area contributed by atoms with Crippen LogP contribution in [-0.2, 0) is 19.6 Å². The summed E-state index contributed by atoms with van der Waals surface area (Å²) in [4.78, 5) is 2.82. The van der Waals surface area contributed by atoms with Gasteiger partial charge < -0.3 is 5.32 Å². The first-order valence-electron chi connectivity index (χ1n) is 5.97. The van der Waals surface area contributed by atoms with Crippen LogP contribution in [-0.4, -0.2) is 9.78 Å². The number of thiophene rings is 1. The lowest BCUT2D eigenvalue weighted by molar-refractivity contribution is 0.656. The lowest BCUT2D eigenvalue weighted by Crippen LogP contribution is -2.11. The monoisotopic (exact) mass is 249 g/mol. The van der Waals surface area contributed by atoms with Crippen LogP contribution in [0.4, 0.5) is 0 Å². The molecule has 2 aromatic heterocycles. The van der Waals surface area contributed by atoms with Crippen molar-refractivity contribution >= 4 is 11.3 Å². The fraction of sp³-hybridized carbons (Fsp3) is 0.462. The minimum absolute atomic E-state index is 0.885. The third kappa shape index (κ3) is 3.17. The number of hydrogen-bond acceptors (Lipinski definition) is 3. The summed E-state index contributed by atoms with van der Waals surface area (Å²) < 4.78 is 1.95. The molecule has 0 amide bonds. The molecule has 1 N–H and O–H groups in total. The third-order valence-corrected chi connectivity index (χ3v) is 4.01. The van der Waals surface area contributed by atoms with Crippen molar-refractivity contribution in [1.82, 2.24) is 15.1 Å². The van der Waals surface area contributed by atoms with Gasteiger partial charge in [0.15, 0.2) is 0 Å². The Morgan fingerprint density at radius 2 is 2.18 bits per heavy atom. The Morgan fingerprint density at radius 3 is 2.76 bits per heavy atom. The average molecular weight is 249 g/mol. The maximum atomic E-state index is 4.26. The molecular weight excluding hydrogens is 230 g/mol. The van der Waals surface area contributed by atoms with E-state index < -0.39 is 0 Å². The van der Waals surface area contributed by atoms with Gasteiger partial charge in [-0.05, 0) is 32.4 Å². The van der Waals surface area contributed by atoms with E-state index in [0.29, 0.717) is 0 Å². The van der Waals surface area contributed by atoms with Crippen LogP contribution in [0.5, 0.6) is 0 Å². The summed E-state index contributed by atoms with van der Waals surface area (Å²) in [7, 11) is 0. The number of aryl methyl sites for hydroxylation is 3. The fourth-order valence-electron chi connectivity index (χ4n) is 1.74. The predicted molar refractivity (Wildman–Crippen MR) is 72.2 cm³/mol. The van der Waals surface area contributed by atoms with Crippen molar-refractivity contribution in [3.63, 3.8) is 0 Å². The molecular formula is C13H19N3S. The minimum atomic E-state index is 0.885. The summed E-state index contributed by atoms with van der Waals surface area (Å²) in [6.07, 6.45) is 4.03. The van der Waals surface area contributed by atoms with Gasteiger partial charge in [-0.3, -0.25) is 4.68 Å². The molecule has 4 heteroatoms. The Kier molecular flexibility index (Phi) is 3.97. The van der Waals surface area contributed by atoms with Crippen LogP contribution < -0.4 is 5.32 Å². The van der Waals surface area contributed by atoms with Crippen LogP contribution in [0.25, 0.3) is 0 Å². The summed E-state index contributed by atoms with van der Waals surface area (Å²) in [6.45, 7) is 9.20. The van der Waals surface area contributed by atoms with Gasteiger partial charge in [0.25, 0.3) is 0 Å². The van der Waals surface area contributed by atoms with Gasteiger partial charge in [0.05, 0.1) is 6.20 Å². The van der Waals surface area contributed by atoms with Crippen molar-refractivity contribution < 1.29 is 0 Å². The molecule has 2 heterocycles. The van der Waals surface area contributed by atoms with Gasteiger partial charge in [0, 0.05) is 41.1 Å². The van der Waals surface area contributed by atoms with E-state index >= 15 is 0 Å². The van der Waals surface area contributed by atoms with Gasteiger partial charge in [0.2, 0.25) is 0 Å². The Morgan fingerprint density at radius 1 is 1.35 bits per heavy atom. The SMILES string of the molecule is CCn1cc(CNCc2cc(C)c(C)s2)cn1. The first-order chi connectivity index (χ1) is 8.19. The molecule has 0 radical (unpaired) electrons. The van der Waals surface area contributed by atoms with E-state index in [-0.39, 0.29) is 0 Å². The lowest BCUT2D eigenvalue weighted by atomic mass is 10.3. The van der Waals surface area contributed by atoms with Crippen LogP contribution in [0, 0.1) is 13.8 Å². The highest BCUT2D eigenvalue weighted by Gasteiger charge is 2.02. The zero-order valence-electron chi connectivity index (χ0n) is 10.7. The first-order valence-corrected chi connectivity index (χ1v) is 6.78. The second-order valence-electron chi connectivity index (χ2n) is 4.26. The molecule has 0 saturated heterocycles. The molecule has 2 rings (SSSR count). The van der Waals surface area contributed by atoms with Crippen molar-refractivity contribution in [3.05, 3.63) is 39.3 Å². The van der Waals surface area contributed by atoms with Gasteiger partial charge in [-0.2, -0.15) is 5.10 Å². The molecule has 0 spiro atoms. The zero-order valence-corrected chi connectivity index (χ0v) is 11.5. The van der Waals surface area contributed by atoms with Crippen molar-refractivity contribution in [3.8, 4) is 0 Å². The second-order valence-corrected chi connectivity index (χ2v) is 5.60. The molecule has 0 bridgehead atoms. The van der Waals surface area contributed by atoms with E-state index in [1.165, 1.54) is 20.9 Å². The molecule has 0 aliphatic carbocycles. The normalized spacial score (nSPS) is 11.0. The number of hydrogen-bond donors (Lipinski definition) is 1. The maximum absolute atomic E-state index is 4.26. The predicted octanol–water partition coefficient (Wildman–Crippen LogP) is 2.87. The van der Waals surface area contributed by atoms with Gasteiger partial charge >= 0.3 is 0 Å². The van der Waals surface area contributed by atoms with Crippen molar-refractivity contribution in [2.45, 2.75) is 40.4 Å². The zero-order chi connectivity index (χ0) is 12.3. The fourth-order valence-corrected chi connectivity index (χ4v) is 2.76. The largest absolute Gasteiger partial charge is 0.308 e. The van der Waals surface area contributed by atoms with E-state index in [0.717, 1.165) is 19.6 Å². The van der Waals surface area contributed by atoms with Crippen LogP contribution in [0.3, 0.4) is 0 Å². The Balaban J connectivity index is 1.83. The molecule has 0 atom stereocenters. The molecule has 17 heavy (non-hydrogen) atoms. The Bertz CT molecular complexity index is 465. The highest BCUT2D eigenvalue weighted by Crippen LogP contribution is 2.20. The quantitative estimate of drug-likeness (QED) is 0.883. The maximum Gasteiger partial charge on any atom is 0.0534 e. The first kappa shape index (κ1) is 12.3. The van der Waals surface area contributed by atoms with Crippen LogP contribution in [0.15, 0.2) is 18.5 Å². The summed E-state index contributed by atoms with van der Waals surface area (Å²) in [5.74, 6) is 0. The van der Waals surface area contributed by atoms with E-state index in [4.69, 9.17) is 0 Å². The summed E-state index contributed by atoms with van der Waals surface area (Å²) in [5.41, 5.74) is 2.64. The van der Waals surface area contributed by atoms with Crippen LogP contribution >= 0.6 is 11.3 Å². The molecule has 3 nitrogen and oxygen atoms in total. The number of nitrogens with zero attached hydrogens (tertiary/aromatic N) is 2. The molecule has 0 aromatic carbocycles. The number of aromatic nitrogens is 2. The highest BCUT2D eigenvalue weighted by molar-refractivity contribution is 7.12. The third-order valence-electron chi connectivity index (χ3n) is 2.86. The van der Waals surface area contributed by atoms with Crippen molar-refractivity contribution in [2.75, 3.05) is 0 Å². The number of rotatable bonds is 5. The molecule has 92 valence electrons. The summed E-state index contributed by atoms with van der Waals surface area (Å²) in [6, 6.07) is 2.27. The smallest absolute Gasteiger partial charge is 0.0534 e. The molecule has 0 fully saturated rings. The molecule has 0 unspecified atom stereocenters. The topological polar surface area (TPSA) is 29.9 Å². The average Bonchev–Trinajstić information content (AvgIpc) is 2.87. The number of nitrogens with one attached hydrogen (secondary N) is 1. The van der Waals surface area contributed by atoms with Crippen LogP contribution in [0.1, 0.15) is 27.8 Å². The minimum Gasteiger partial charge on any atom is -0.308 e. The standard InChI is InChI=1S/C13H19N3S/c1-4-16-9-12(7-15-16)6-14-8-13-5-10(2)11(3)17-13/h5,7,9,14H,4,6,8H2,1-3H3. The lowest BCUT2D eigenvalue weighted by Gasteiger charge is -2.00. The van der Waals surface area contributed by atoms with E-state index in [1.54, 1.807) is 0 Å². The van der Waals surface area contributed by atoms with E-state index in [1.807, 2.05) is 22.2 Å². The molecule has 0 aliphatic heterocycles. The summed E-state index contributed by atoms with van der Waals surface area (Å²) >= 11 is 1.88. The van der Waals surface area contributed by atoms with Gasteiger partial charge in [-0.15, -0.1) is 11.3 Å².